The fourth-order valence-electron chi connectivity index (χ4n) is 4.00. The Balaban J connectivity index is 1.38. The zero-order chi connectivity index (χ0) is 24.4. The molecule has 1 aliphatic heterocycles. The lowest BCUT2D eigenvalue weighted by molar-refractivity contribution is 0.305. The molecule has 0 unspecified atom stereocenters. The number of aromatic nitrogens is 2. The summed E-state index contributed by atoms with van der Waals surface area (Å²) in [5, 5.41) is 0.732. The van der Waals surface area contributed by atoms with Crippen LogP contribution in [0.25, 0.3) is 11.0 Å². The van der Waals surface area contributed by atoms with Crippen LogP contribution in [0.2, 0.25) is 0 Å². The van der Waals surface area contributed by atoms with Crippen molar-refractivity contribution in [3.8, 4) is 17.4 Å². The van der Waals surface area contributed by atoms with E-state index in [4.69, 9.17) is 14.2 Å². The topological polar surface area (TPSA) is 56.7 Å². The van der Waals surface area contributed by atoms with Crippen LogP contribution in [0.5, 0.6) is 17.4 Å². The number of pyridine rings is 2. The van der Waals surface area contributed by atoms with E-state index < -0.39 is 11.6 Å². The predicted octanol–water partition coefficient (Wildman–Crippen LogP) is 5.62. The lowest BCUT2D eigenvalue weighted by atomic mass is 10.1. The average Bonchev–Trinajstić information content (AvgIpc) is 2.89. The minimum absolute atomic E-state index is 0.0121. The van der Waals surface area contributed by atoms with Gasteiger partial charge in [-0.3, -0.25) is 0 Å². The van der Waals surface area contributed by atoms with E-state index in [1.807, 2.05) is 35.2 Å². The maximum Gasteiger partial charge on any atom is 0.215 e. The molecule has 0 amide bonds. The Labute approximate surface area is 205 Å². The SMILES string of the molecule is COc1ccc(CSc2cc(F)c(CN3CCOc4cnc5nc(OC)ccc5c43)c(F)c2)cc1. The summed E-state index contributed by atoms with van der Waals surface area (Å²) in [5.41, 5.74) is 2.24. The van der Waals surface area contributed by atoms with Gasteiger partial charge < -0.3 is 19.1 Å². The van der Waals surface area contributed by atoms with Gasteiger partial charge in [0.05, 0.1) is 32.6 Å². The molecule has 0 N–H and O–H groups in total. The van der Waals surface area contributed by atoms with E-state index >= 15 is 8.78 Å². The second-order valence-corrected chi connectivity index (χ2v) is 9.02. The number of hydrogen-bond acceptors (Lipinski definition) is 7. The van der Waals surface area contributed by atoms with Crippen LogP contribution in [-0.2, 0) is 12.3 Å². The minimum atomic E-state index is -0.576. The Morgan fingerprint density at radius 2 is 1.80 bits per heavy atom. The molecule has 2 aromatic heterocycles. The molecule has 0 bridgehead atoms. The van der Waals surface area contributed by atoms with E-state index in [0.717, 1.165) is 16.7 Å². The number of halogens is 2. The molecular weight excluding hydrogens is 472 g/mol. The molecule has 6 nitrogen and oxygen atoms in total. The summed E-state index contributed by atoms with van der Waals surface area (Å²) in [6.45, 7) is 0.927. The Hall–Kier alpha value is -3.59. The van der Waals surface area contributed by atoms with Gasteiger partial charge in [0.15, 0.2) is 11.4 Å². The van der Waals surface area contributed by atoms with Crippen LogP contribution in [0.4, 0.5) is 14.5 Å². The Morgan fingerprint density at radius 1 is 1.03 bits per heavy atom. The zero-order valence-corrected chi connectivity index (χ0v) is 20.1. The Kier molecular flexibility index (Phi) is 6.59. The van der Waals surface area contributed by atoms with E-state index in [9.17, 15) is 0 Å². The number of ether oxygens (including phenoxy) is 3. The molecule has 4 aromatic rings. The number of anilines is 1. The van der Waals surface area contributed by atoms with Gasteiger partial charge in [0.1, 0.15) is 24.0 Å². The smallest absolute Gasteiger partial charge is 0.215 e. The van der Waals surface area contributed by atoms with Gasteiger partial charge in [-0.2, -0.15) is 4.98 Å². The van der Waals surface area contributed by atoms with Crippen LogP contribution < -0.4 is 19.1 Å². The van der Waals surface area contributed by atoms with Gasteiger partial charge in [0.2, 0.25) is 5.88 Å². The van der Waals surface area contributed by atoms with Crippen molar-refractivity contribution in [1.29, 1.82) is 0 Å². The van der Waals surface area contributed by atoms with Crippen molar-refractivity contribution in [3.63, 3.8) is 0 Å². The van der Waals surface area contributed by atoms with E-state index in [1.54, 1.807) is 19.4 Å². The van der Waals surface area contributed by atoms with Crippen molar-refractivity contribution in [2.75, 3.05) is 32.3 Å². The fraction of sp³-hybridized carbons (Fsp3) is 0.231. The summed E-state index contributed by atoms with van der Waals surface area (Å²) in [4.78, 5) is 11.2. The first-order valence-electron chi connectivity index (χ1n) is 11.0. The number of benzene rings is 2. The van der Waals surface area contributed by atoms with Gasteiger partial charge in [0.25, 0.3) is 0 Å². The summed E-state index contributed by atoms with van der Waals surface area (Å²) < 4.78 is 46.3. The highest BCUT2D eigenvalue weighted by Crippen LogP contribution is 2.39. The molecule has 0 aliphatic carbocycles. The second-order valence-electron chi connectivity index (χ2n) is 7.97. The van der Waals surface area contributed by atoms with Crippen molar-refractivity contribution in [2.45, 2.75) is 17.2 Å². The second kappa shape index (κ2) is 9.95. The third kappa shape index (κ3) is 4.81. The molecule has 0 fully saturated rings. The molecule has 0 spiro atoms. The molecule has 9 heteroatoms. The number of methoxy groups -OCH3 is 2. The Morgan fingerprint density at radius 3 is 2.51 bits per heavy atom. The molecule has 0 radical (unpaired) electrons. The quantitative estimate of drug-likeness (QED) is 0.309. The molecule has 0 saturated carbocycles. The molecule has 180 valence electrons. The van der Waals surface area contributed by atoms with Crippen molar-refractivity contribution in [2.24, 2.45) is 0 Å². The third-order valence-corrected chi connectivity index (χ3v) is 6.86. The third-order valence-electron chi connectivity index (χ3n) is 5.81. The number of rotatable bonds is 7. The molecule has 35 heavy (non-hydrogen) atoms. The molecular formula is C26H23F2N3O3S. The first-order valence-corrected chi connectivity index (χ1v) is 12.0. The highest BCUT2D eigenvalue weighted by Gasteiger charge is 2.25. The largest absolute Gasteiger partial charge is 0.497 e. The summed E-state index contributed by atoms with van der Waals surface area (Å²) in [6, 6.07) is 14.0. The van der Waals surface area contributed by atoms with E-state index in [-0.39, 0.29) is 12.1 Å². The molecule has 5 rings (SSSR count). The molecule has 0 saturated heterocycles. The van der Waals surface area contributed by atoms with Crippen molar-refractivity contribution in [3.05, 3.63) is 77.5 Å². The highest BCUT2D eigenvalue weighted by molar-refractivity contribution is 7.98. The maximum absolute atomic E-state index is 15.1. The summed E-state index contributed by atoms with van der Waals surface area (Å²) in [7, 11) is 3.15. The lowest BCUT2D eigenvalue weighted by Gasteiger charge is -2.32. The van der Waals surface area contributed by atoms with Crippen molar-refractivity contribution < 1.29 is 23.0 Å². The summed E-state index contributed by atoms with van der Waals surface area (Å²) in [6.07, 6.45) is 1.59. The summed E-state index contributed by atoms with van der Waals surface area (Å²) in [5.74, 6) is 1.20. The number of nitrogens with zero attached hydrogens (tertiary/aromatic N) is 3. The van der Waals surface area contributed by atoms with E-state index in [0.29, 0.717) is 46.8 Å². The van der Waals surface area contributed by atoms with Crippen molar-refractivity contribution in [1.82, 2.24) is 9.97 Å². The van der Waals surface area contributed by atoms with Gasteiger partial charge >= 0.3 is 0 Å². The first-order chi connectivity index (χ1) is 17.1. The molecule has 2 aromatic carbocycles. The first kappa shape index (κ1) is 23.2. The van der Waals surface area contributed by atoms with Gasteiger partial charge in [-0.15, -0.1) is 11.8 Å². The van der Waals surface area contributed by atoms with Crippen LogP contribution in [-0.4, -0.2) is 37.3 Å². The normalized spacial score (nSPS) is 12.9. The standard InChI is InChI=1S/C26H23F2N3O3S/c1-32-17-5-3-16(4-6-17)15-35-18-11-21(27)20(22(28)12-18)14-31-9-10-34-23-13-29-26-19(25(23)31)7-8-24(30-26)33-2/h3-8,11-13H,9-10,14-15H2,1-2H3. The molecule has 0 atom stereocenters. The minimum Gasteiger partial charge on any atom is -0.497 e. The van der Waals surface area contributed by atoms with Gasteiger partial charge in [-0.1, -0.05) is 12.1 Å². The lowest BCUT2D eigenvalue weighted by Crippen LogP contribution is -2.33. The predicted molar refractivity (Wildman–Crippen MR) is 132 cm³/mol. The van der Waals surface area contributed by atoms with Crippen LogP contribution >= 0.6 is 11.8 Å². The van der Waals surface area contributed by atoms with Gasteiger partial charge in [-0.25, -0.2) is 13.8 Å². The van der Waals surface area contributed by atoms with E-state index in [2.05, 4.69) is 9.97 Å². The fourth-order valence-corrected chi connectivity index (χ4v) is 4.90. The maximum atomic E-state index is 15.1. The van der Waals surface area contributed by atoms with Crippen LogP contribution in [0, 0.1) is 11.6 Å². The molecule has 1 aliphatic rings. The van der Waals surface area contributed by atoms with Crippen LogP contribution in [0.1, 0.15) is 11.1 Å². The zero-order valence-electron chi connectivity index (χ0n) is 19.3. The summed E-state index contributed by atoms with van der Waals surface area (Å²) >= 11 is 1.38. The monoisotopic (exact) mass is 495 g/mol. The van der Waals surface area contributed by atoms with E-state index in [1.165, 1.54) is 31.0 Å². The van der Waals surface area contributed by atoms with Crippen molar-refractivity contribution >= 4 is 28.5 Å². The van der Waals surface area contributed by atoms with Crippen LogP contribution in [0.3, 0.4) is 0 Å². The number of hydrogen-bond donors (Lipinski definition) is 0. The highest BCUT2D eigenvalue weighted by atomic mass is 32.2. The number of fused-ring (bicyclic) bond motifs is 3. The van der Waals surface area contributed by atoms with Crippen LogP contribution in [0.15, 0.2) is 59.6 Å². The van der Waals surface area contributed by atoms with Gasteiger partial charge in [-0.05, 0) is 35.9 Å². The Bertz CT molecular complexity index is 1350. The number of thioether (sulfide) groups is 1. The van der Waals surface area contributed by atoms with Gasteiger partial charge in [0, 0.05) is 34.2 Å². The average molecular weight is 496 g/mol. The molecule has 3 heterocycles.